The molecule has 3 heteroatoms. The van der Waals surface area contributed by atoms with Gasteiger partial charge < -0.3 is 9.47 Å². The molecule has 1 aromatic rings. The standard InChI is InChI=1S/C10H11BrO2/c1-2-7-5-8(11)10-9(6-7)12-3-4-13-10/h5-6H,2-4H2,1H3. The van der Waals surface area contributed by atoms with Crippen LogP contribution in [-0.2, 0) is 6.42 Å². The van der Waals surface area contributed by atoms with E-state index in [0.29, 0.717) is 13.2 Å². The van der Waals surface area contributed by atoms with E-state index >= 15 is 0 Å². The number of halogens is 1. The summed E-state index contributed by atoms with van der Waals surface area (Å²) in [5.41, 5.74) is 1.26. The van der Waals surface area contributed by atoms with Gasteiger partial charge in [-0.15, -0.1) is 0 Å². The van der Waals surface area contributed by atoms with E-state index in [4.69, 9.17) is 9.47 Å². The molecular weight excluding hydrogens is 232 g/mol. The highest BCUT2D eigenvalue weighted by Crippen LogP contribution is 2.38. The van der Waals surface area contributed by atoms with E-state index in [1.165, 1.54) is 5.56 Å². The smallest absolute Gasteiger partial charge is 0.175 e. The highest BCUT2D eigenvalue weighted by atomic mass is 79.9. The van der Waals surface area contributed by atoms with Crippen LogP contribution >= 0.6 is 15.9 Å². The molecule has 0 spiro atoms. The van der Waals surface area contributed by atoms with Crippen LogP contribution < -0.4 is 9.47 Å². The van der Waals surface area contributed by atoms with Gasteiger partial charge in [-0.1, -0.05) is 6.92 Å². The number of hydrogen-bond donors (Lipinski definition) is 0. The third kappa shape index (κ3) is 1.66. The quantitative estimate of drug-likeness (QED) is 0.755. The summed E-state index contributed by atoms with van der Waals surface area (Å²) in [6.07, 6.45) is 1.01. The molecule has 2 rings (SSSR count). The third-order valence-electron chi connectivity index (χ3n) is 2.06. The Morgan fingerprint density at radius 1 is 1.31 bits per heavy atom. The van der Waals surface area contributed by atoms with E-state index in [9.17, 15) is 0 Å². The Kier molecular flexibility index (Phi) is 2.44. The number of fused-ring (bicyclic) bond motifs is 1. The third-order valence-corrected chi connectivity index (χ3v) is 2.65. The van der Waals surface area contributed by atoms with Crippen molar-refractivity contribution >= 4 is 15.9 Å². The van der Waals surface area contributed by atoms with Crippen LogP contribution in [0.2, 0.25) is 0 Å². The van der Waals surface area contributed by atoms with Crippen molar-refractivity contribution in [3.8, 4) is 11.5 Å². The highest BCUT2D eigenvalue weighted by Gasteiger charge is 2.15. The predicted octanol–water partition coefficient (Wildman–Crippen LogP) is 2.78. The van der Waals surface area contributed by atoms with E-state index in [0.717, 1.165) is 22.4 Å². The molecule has 0 saturated carbocycles. The first-order valence-corrected chi connectivity index (χ1v) is 5.18. The zero-order valence-electron chi connectivity index (χ0n) is 7.47. The maximum Gasteiger partial charge on any atom is 0.175 e. The molecule has 0 fully saturated rings. The minimum absolute atomic E-state index is 0.636. The highest BCUT2D eigenvalue weighted by molar-refractivity contribution is 9.10. The fourth-order valence-corrected chi connectivity index (χ4v) is 1.97. The molecule has 13 heavy (non-hydrogen) atoms. The topological polar surface area (TPSA) is 18.5 Å². The van der Waals surface area contributed by atoms with E-state index < -0.39 is 0 Å². The van der Waals surface area contributed by atoms with Gasteiger partial charge in [0.2, 0.25) is 0 Å². The number of aryl methyl sites for hydroxylation is 1. The van der Waals surface area contributed by atoms with Gasteiger partial charge >= 0.3 is 0 Å². The maximum absolute atomic E-state index is 5.49. The molecule has 2 nitrogen and oxygen atoms in total. The van der Waals surface area contributed by atoms with Crippen molar-refractivity contribution in [1.82, 2.24) is 0 Å². The summed E-state index contributed by atoms with van der Waals surface area (Å²) >= 11 is 3.47. The van der Waals surface area contributed by atoms with Crippen LogP contribution in [0.25, 0.3) is 0 Å². The summed E-state index contributed by atoms with van der Waals surface area (Å²) in [6.45, 7) is 3.40. The van der Waals surface area contributed by atoms with Crippen LogP contribution in [0.1, 0.15) is 12.5 Å². The summed E-state index contributed by atoms with van der Waals surface area (Å²) in [7, 11) is 0. The SMILES string of the molecule is CCc1cc(Br)c2c(c1)OCCO2. The van der Waals surface area contributed by atoms with E-state index in [1.807, 2.05) is 6.07 Å². The Balaban J connectivity index is 2.47. The first-order chi connectivity index (χ1) is 6.31. The second-order valence-corrected chi connectivity index (χ2v) is 3.81. The van der Waals surface area contributed by atoms with Crippen molar-refractivity contribution in [1.29, 1.82) is 0 Å². The van der Waals surface area contributed by atoms with Gasteiger partial charge in [0.05, 0.1) is 4.47 Å². The van der Waals surface area contributed by atoms with Crippen molar-refractivity contribution < 1.29 is 9.47 Å². The van der Waals surface area contributed by atoms with Crippen LogP contribution in [0.15, 0.2) is 16.6 Å². The van der Waals surface area contributed by atoms with Crippen molar-refractivity contribution in [3.05, 3.63) is 22.2 Å². The Bertz CT molecular complexity index is 323. The first kappa shape index (κ1) is 8.88. The number of rotatable bonds is 1. The minimum Gasteiger partial charge on any atom is -0.486 e. The number of hydrogen-bond acceptors (Lipinski definition) is 2. The molecule has 0 amide bonds. The van der Waals surface area contributed by atoms with Gasteiger partial charge in [0.1, 0.15) is 13.2 Å². The normalized spacial score (nSPS) is 14.3. The molecule has 1 aromatic carbocycles. The summed E-state index contributed by atoms with van der Waals surface area (Å²) in [4.78, 5) is 0. The van der Waals surface area contributed by atoms with E-state index in [-0.39, 0.29) is 0 Å². The number of benzene rings is 1. The van der Waals surface area contributed by atoms with Crippen molar-refractivity contribution in [2.45, 2.75) is 13.3 Å². The van der Waals surface area contributed by atoms with Crippen molar-refractivity contribution in [2.75, 3.05) is 13.2 Å². The lowest BCUT2D eigenvalue weighted by Gasteiger charge is -2.20. The van der Waals surface area contributed by atoms with Crippen LogP contribution in [0.3, 0.4) is 0 Å². The average Bonchev–Trinajstić information content (AvgIpc) is 2.18. The molecule has 0 unspecified atom stereocenters. The summed E-state index contributed by atoms with van der Waals surface area (Å²) in [5, 5.41) is 0. The Labute approximate surface area is 86.0 Å². The van der Waals surface area contributed by atoms with Gasteiger partial charge in [-0.25, -0.2) is 0 Å². The van der Waals surface area contributed by atoms with Crippen LogP contribution in [0, 0.1) is 0 Å². The van der Waals surface area contributed by atoms with Crippen LogP contribution in [0.4, 0.5) is 0 Å². The largest absolute Gasteiger partial charge is 0.486 e. The molecule has 0 aromatic heterocycles. The molecule has 0 aliphatic carbocycles. The molecule has 0 atom stereocenters. The molecule has 0 radical (unpaired) electrons. The van der Waals surface area contributed by atoms with Crippen LogP contribution in [0.5, 0.6) is 11.5 Å². The number of ether oxygens (including phenoxy) is 2. The lowest BCUT2D eigenvalue weighted by atomic mass is 10.1. The maximum atomic E-state index is 5.49. The minimum atomic E-state index is 0.636. The van der Waals surface area contributed by atoms with Crippen molar-refractivity contribution in [3.63, 3.8) is 0 Å². The zero-order chi connectivity index (χ0) is 9.26. The van der Waals surface area contributed by atoms with E-state index in [2.05, 4.69) is 28.9 Å². The van der Waals surface area contributed by atoms with E-state index in [1.54, 1.807) is 0 Å². The lowest BCUT2D eigenvalue weighted by Crippen LogP contribution is -2.15. The Hall–Kier alpha value is -0.700. The summed E-state index contributed by atoms with van der Waals surface area (Å²) in [5.74, 6) is 1.70. The van der Waals surface area contributed by atoms with Gasteiger partial charge in [-0.05, 0) is 40.0 Å². The van der Waals surface area contributed by atoms with Crippen molar-refractivity contribution in [2.24, 2.45) is 0 Å². The fourth-order valence-electron chi connectivity index (χ4n) is 1.37. The Morgan fingerprint density at radius 3 is 2.85 bits per heavy atom. The van der Waals surface area contributed by atoms with Gasteiger partial charge in [0.15, 0.2) is 11.5 Å². The fraction of sp³-hybridized carbons (Fsp3) is 0.400. The van der Waals surface area contributed by atoms with Gasteiger partial charge in [0.25, 0.3) is 0 Å². The molecule has 0 N–H and O–H groups in total. The molecule has 0 saturated heterocycles. The zero-order valence-corrected chi connectivity index (χ0v) is 9.06. The molecule has 70 valence electrons. The monoisotopic (exact) mass is 242 g/mol. The average molecular weight is 243 g/mol. The van der Waals surface area contributed by atoms with Gasteiger partial charge in [-0.3, -0.25) is 0 Å². The first-order valence-electron chi connectivity index (χ1n) is 4.39. The van der Waals surface area contributed by atoms with Gasteiger partial charge in [0, 0.05) is 0 Å². The van der Waals surface area contributed by atoms with Crippen LogP contribution in [-0.4, -0.2) is 13.2 Å². The predicted molar refractivity (Wildman–Crippen MR) is 54.5 cm³/mol. The molecule has 0 bridgehead atoms. The molecule has 1 aliphatic rings. The second kappa shape index (κ2) is 3.58. The lowest BCUT2D eigenvalue weighted by molar-refractivity contribution is 0.170. The molecule has 1 heterocycles. The molecule has 1 aliphatic heterocycles. The Morgan fingerprint density at radius 2 is 2.08 bits per heavy atom. The second-order valence-electron chi connectivity index (χ2n) is 2.96. The molecular formula is C10H11BrO2. The summed E-state index contributed by atoms with van der Waals surface area (Å²) < 4.78 is 12.0. The summed E-state index contributed by atoms with van der Waals surface area (Å²) in [6, 6.07) is 4.12. The van der Waals surface area contributed by atoms with Gasteiger partial charge in [-0.2, -0.15) is 0 Å².